The molecule has 1 fully saturated rings. The van der Waals surface area contributed by atoms with Crippen LogP contribution in [0, 0.1) is 0 Å². The van der Waals surface area contributed by atoms with Crippen LogP contribution in [0.3, 0.4) is 0 Å². The van der Waals surface area contributed by atoms with Gasteiger partial charge in [-0.25, -0.2) is 4.99 Å². The van der Waals surface area contributed by atoms with Gasteiger partial charge in [0.2, 0.25) is 0 Å². The van der Waals surface area contributed by atoms with Crippen molar-refractivity contribution in [3.63, 3.8) is 0 Å². The summed E-state index contributed by atoms with van der Waals surface area (Å²) < 4.78 is 5.79. The van der Waals surface area contributed by atoms with Gasteiger partial charge >= 0.3 is 0 Å². The summed E-state index contributed by atoms with van der Waals surface area (Å²) in [4.78, 5) is 21.4. The first kappa shape index (κ1) is 26.0. The van der Waals surface area contributed by atoms with E-state index in [1.165, 1.54) is 6.42 Å². The third kappa shape index (κ3) is 8.00. The number of rotatable bonds is 8. The van der Waals surface area contributed by atoms with Crippen molar-refractivity contribution in [2.24, 2.45) is 4.99 Å². The Labute approximate surface area is 209 Å². The first-order valence-electron chi connectivity index (χ1n) is 11.2. The molecule has 1 aliphatic heterocycles. The zero-order valence-electron chi connectivity index (χ0n) is 19.1. The summed E-state index contributed by atoms with van der Waals surface area (Å²) >= 11 is 0. The number of ether oxygens (including phenoxy) is 1. The predicted molar refractivity (Wildman–Crippen MR) is 141 cm³/mol. The summed E-state index contributed by atoms with van der Waals surface area (Å²) in [5, 5.41) is 3.33. The van der Waals surface area contributed by atoms with Gasteiger partial charge in [-0.15, -0.1) is 24.0 Å². The summed E-state index contributed by atoms with van der Waals surface area (Å²) in [6, 6.07) is 17.7. The fraction of sp³-hybridized carbons (Fsp3) is 0.440. The smallest absolute Gasteiger partial charge is 0.253 e. The number of guanidine groups is 1. The lowest BCUT2D eigenvalue weighted by molar-refractivity contribution is 0.0724. The lowest BCUT2D eigenvalue weighted by Crippen LogP contribution is -2.40. The van der Waals surface area contributed by atoms with Gasteiger partial charge in [-0.3, -0.25) is 4.79 Å². The van der Waals surface area contributed by atoms with E-state index < -0.39 is 0 Å². The minimum Gasteiger partial charge on any atom is -0.492 e. The Bertz CT molecular complexity index is 837. The number of para-hydroxylation sites is 1. The Morgan fingerprint density at radius 1 is 1.06 bits per heavy atom. The molecule has 1 aliphatic rings. The molecule has 1 heterocycles. The number of hydrogen-bond donors (Lipinski definition) is 1. The number of carbonyl (C=O) groups excluding carboxylic acids is 1. The molecule has 2 aromatic carbocycles. The Balaban J connectivity index is 0.00000363. The molecule has 0 radical (unpaired) electrons. The van der Waals surface area contributed by atoms with E-state index in [9.17, 15) is 4.79 Å². The quantitative estimate of drug-likeness (QED) is 0.301. The molecule has 32 heavy (non-hydrogen) atoms. The topological polar surface area (TPSA) is 57.2 Å². The molecule has 0 aromatic heterocycles. The monoisotopic (exact) mass is 550 g/mol. The number of piperidine rings is 1. The number of aliphatic imine (C=N–C) groups is 1. The molecular formula is C25H35IN4O2. The van der Waals surface area contributed by atoms with Crippen molar-refractivity contribution in [3.8, 4) is 5.75 Å². The number of benzene rings is 2. The summed E-state index contributed by atoms with van der Waals surface area (Å²) in [6.07, 6.45) is 3.44. The maximum atomic E-state index is 12.6. The molecule has 0 saturated carbocycles. The SMILES string of the molecule is CCNC(=NCc1ccc(C(=O)N2CCCCC2)cc1)N(C)CCOc1ccccc1.I. The highest BCUT2D eigenvalue weighted by Gasteiger charge is 2.17. The Hall–Kier alpha value is -2.29. The van der Waals surface area contributed by atoms with Gasteiger partial charge in [-0.1, -0.05) is 30.3 Å². The number of amides is 1. The van der Waals surface area contributed by atoms with Crippen LogP contribution in [0.15, 0.2) is 59.6 Å². The minimum absolute atomic E-state index is 0. The van der Waals surface area contributed by atoms with Crippen LogP contribution in [0.2, 0.25) is 0 Å². The molecule has 0 unspecified atom stereocenters. The molecular weight excluding hydrogens is 515 g/mol. The van der Waals surface area contributed by atoms with Crippen molar-refractivity contribution in [3.05, 3.63) is 65.7 Å². The van der Waals surface area contributed by atoms with Gasteiger partial charge in [0, 0.05) is 32.2 Å². The summed E-state index contributed by atoms with van der Waals surface area (Å²) in [5.74, 6) is 1.85. The van der Waals surface area contributed by atoms with Crippen LogP contribution in [-0.4, -0.2) is 61.5 Å². The van der Waals surface area contributed by atoms with Crippen molar-refractivity contribution in [1.29, 1.82) is 0 Å². The van der Waals surface area contributed by atoms with Crippen LogP contribution in [0.5, 0.6) is 5.75 Å². The molecule has 174 valence electrons. The molecule has 7 heteroatoms. The number of nitrogens with one attached hydrogen (secondary N) is 1. The lowest BCUT2D eigenvalue weighted by Gasteiger charge is -2.26. The largest absolute Gasteiger partial charge is 0.492 e. The van der Waals surface area contributed by atoms with Gasteiger partial charge in [0.1, 0.15) is 12.4 Å². The second-order valence-electron chi connectivity index (χ2n) is 7.80. The Morgan fingerprint density at radius 2 is 1.75 bits per heavy atom. The van der Waals surface area contributed by atoms with Gasteiger partial charge in [0.25, 0.3) is 5.91 Å². The first-order valence-corrected chi connectivity index (χ1v) is 11.2. The number of carbonyl (C=O) groups is 1. The number of likely N-dealkylation sites (N-methyl/N-ethyl adjacent to an activating group) is 1. The van der Waals surface area contributed by atoms with E-state index in [0.717, 1.165) is 61.9 Å². The van der Waals surface area contributed by atoms with E-state index in [1.807, 2.05) is 66.5 Å². The van der Waals surface area contributed by atoms with Crippen LogP contribution in [0.1, 0.15) is 42.1 Å². The number of halogens is 1. The Morgan fingerprint density at radius 3 is 2.41 bits per heavy atom. The predicted octanol–water partition coefficient (Wildman–Crippen LogP) is 4.41. The van der Waals surface area contributed by atoms with Crippen LogP contribution in [-0.2, 0) is 6.54 Å². The molecule has 0 atom stereocenters. The maximum absolute atomic E-state index is 12.6. The number of nitrogens with zero attached hydrogens (tertiary/aromatic N) is 3. The molecule has 3 rings (SSSR count). The average Bonchev–Trinajstić information content (AvgIpc) is 2.83. The second kappa shape index (κ2) is 14.0. The average molecular weight is 550 g/mol. The number of hydrogen-bond acceptors (Lipinski definition) is 3. The van der Waals surface area contributed by atoms with Crippen molar-refractivity contribution < 1.29 is 9.53 Å². The van der Waals surface area contributed by atoms with E-state index >= 15 is 0 Å². The van der Waals surface area contributed by atoms with E-state index in [0.29, 0.717) is 13.2 Å². The van der Waals surface area contributed by atoms with Crippen molar-refractivity contribution >= 4 is 35.8 Å². The van der Waals surface area contributed by atoms with Crippen molar-refractivity contribution in [1.82, 2.24) is 15.1 Å². The highest BCUT2D eigenvalue weighted by Crippen LogP contribution is 2.14. The second-order valence-corrected chi connectivity index (χ2v) is 7.80. The van der Waals surface area contributed by atoms with E-state index in [1.54, 1.807) is 0 Å². The molecule has 1 amide bonds. The molecule has 0 bridgehead atoms. The molecule has 1 N–H and O–H groups in total. The van der Waals surface area contributed by atoms with Gasteiger partial charge in [0.05, 0.1) is 13.1 Å². The summed E-state index contributed by atoms with van der Waals surface area (Å²) in [7, 11) is 2.01. The highest BCUT2D eigenvalue weighted by atomic mass is 127. The van der Waals surface area contributed by atoms with Crippen LogP contribution >= 0.6 is 24.0 Å². The molecule has 0 spiro atoms. The summed E-state index contributed by atoms with van der Waals surface area (Å²) in [5.41, 5.74) is 1.84. The summed E-state index contributed by atoms with van der Waals surface area (Å²) in [6.45, 7) is 6.47. The Kier molecular flexibility index (Phi) is 11.3. The van der Waals surface area contributed by atoms with Gasteiger partial charge in [0.15, 0.2) is 5.96 Å². The zero-order valence-corrected chi connectivity index (χ0v) is 21.5. The fourth-order valence-electron chi connectivity index (χ4n) is 3.59. The fourth-order valence-corrected chi connectivity index (χ4v) is 3.59. The van der Waals surface area contributed by atoms with Crippen LogP contribution in [0.25, 0.3) is 0 Å². The van der Waals surface area contributed by atoms with Crippen LogP contribution < -0.4 is 10.1 Å². The lowest BCUT2D eigenvalue weighted by atomic mass is 10.1. The maximum Gasteiger partial charge on any atom is 0.253 e. The van der Waals surface area contributed by atoms with E-state index in [4.69, 9.17) is 9.73 Å². The van der Waals surface area contributed by atoms with Crippen molar-refractivity contribution in [2.45, 2.75) is 32.7 Å². The van der Waals surface area contributed by atoms with E-state index in [2.05, 4.69) is 17.1 Å². The minimum atomic E-state index is 0. The molecule has 0 aliphatic carbocycles. The van der Waals surface area contributed by atoms with Crippen molar-refractivity contribution in [2.75, 3.05) is 39.8 Å². The van der Waals surface area contributed by atoms with E-state index in [-0.39, 0.29) is 29.9 Å². The third-order valence-electron chi connectivity index (χ3n) is 5.39. The first-order chi connectivity index (χ1) is 15.2. The van der Waals surface area contributed by atoms with Gasteiger partial charge in [-0.2, -0.15) is 0 Å². The third-order valence-corrected chi connectivity index (χ3v) is 5.39. The molecule has 1 saturated heterocycles. The molecule has 6 nitrogen and oxygen atoms in total. The number of likely N-dealkylation sites (tertiary alicyclic amines) is 1. The highest BCUT2D eigenvalue weighted by molar-refractivity contribution is 14.0. The van der Waals surface area contributed by atoms with Gasteiger partial charge in [-0.05, 0) is 56.0 Å². The van der Waals surface area contributed by atoms with Crippen LogP contribution in [0.4, 0.5) is 0 Å². The van der Waals surface area contributed by atoms with Gasteiger partial charge < -0.3 is 19.9 Å². The zero-order chi connectivity index (χ0) is 21.9. The standard InChI is InChI=1S/C25H34N4O2.HI/c1-3-26-25(28(2)18-19-31-23-10-6-4-7-11-23)27-20-21-12-14-22(15-13-21)24(30)29-16-8-5-9-17-29;/h4,6-7,10-15H,3,5,8-9,16-20H2,1-2H3,(H,26,27);1H. The molecule has 2 aromatic rings. The normalized spacial score (nSPS) is 13.8.